The first kappa shape index (κ1) is 49.3. The van der Waals surface area contributed by atoms with Crippen LogP contribution < -0.4 is 76.3 Å². The standard InChI is InChI=1S/C18H19Cl2NO3.C17H17Cl2NO3.C3H9OSi.K/c1-12(14-4-3-5-15(19)9-14)21-10-13-6-7-16(20)17(8-13)24-11-18(22)23-2;1-11(13-3-2-4-14(18)8-13)20-9-12-5-6-15(19)16(7-12)23-10-17(21)22;1-5(2,3)4;/h3-9,12,21H,10-11H2,1-2H3;2-8,11,20H,9-10H2,1H3,(H,21,22);1-3H3;/q;;-1;+1/t12-;11-;;/m11../s1. The molecule has 0 saturated carbocycles. The van der Waals surface area contributed by atoms with Gasteiger partial charge in [0.15, 0.2) is 13.2 Å². The zero-order chi connectivity index (χ0) is 38.8. The molecule has 0 spiro atoms. The van der Waals surface area contributed by atoms with Crippen LogP contribution in [0.4, 0.5) is 0 Å². The average molecular weight is 851 g/mol. The zero-order valence-corrected chi connectivity index (χ0v) is 38.1. The molecule has 9 nitrogen and oxygen atoms in total. The second-order valence-electron chi connectivity index (χ2n) is 12.5. The number of esters is 1. The normalized spacial score (nSPS) is 11.7. The van der Waals surface area contributed by atoms with Crippen molar-refractivity contribution in [3.63, 3.8) is 0 Å². The first-order valence-electron chi connectivity index (χ1n) is 16.2. The summed E-state index contributed by atoms with van der Waals surface area (Å²) in [6.07, 6.45) is 0. The molecule has 0 bridgehead atoms. The largest absolute Gasteiger partial charge is 1.00 e. The quantitative estimate of drug-likeness (QED) is 0.105. The van der Waals surface area contributed by atoms with E-state index in [2.05, 4.69) is 22.3 Å². The monoisotopic (exact) mass is 848 g/mol. The summed E-state index contributed by atoms with van der Waals surface area (Å²) in [5.41, 5.74) is 4.14. The average Bonchev–Trinajstić information content (AvgIpc) is 3.08. The van der Waals surface area contributed by atoms with Gasteiger partial charge in [-0.05, 0) is 84.6 Å². The van der Waals surface area contributed by atoms with Crippen molar-refractivity contribution in [2.45, 2.75) is 58.7 Å². The molecule has 0 aliphatic heterocycles. The number of rotatable bonds is 14. The Hall–Kier alpha value is -1.69. The van der Waals surface area contributed by atoms with Gasteiger partial charge in [-0.2, -0.15) is 0 Å². The van der Waals surface area contributed by atoms with Crippen LogP contribution in [0, 0.1) is 0 Å². The van der Waals surface area contributed by atoms with Gasteiger partial charge in [-0.25, -0.2) is 9.59 Å². The van der Waals surface area contributed by atoms with Crippen molar-refractivity contribution in [3.8, 4) is 11.5 Å². The molecule has 4 rings (SSSR count). The molecule has 0 radical (unpaired) electrons. The van der Waals surface area contributed by atoms with E-state index in [1.54, 1.807) is 37.8 Å². The Bertz CT molecular complexity index is 1740. The molecule has 53 heavy (non-hydrogen) atoms. The van der Waals surface area contributed by atoms with Gasteiger partial charge in [-0.15, -0.1) is 0 Å². The molecule has 0 aliphatic carbocycles. The summed E-state index contributed by atoms with van der Waals surface area (Å²) in [6.45, 7) is 10.0. The number of carboxylic acid groups (broad SMARTS) is 1. The molecule has 3 N–H and O–H groups in total. The number of hydrogen-bond donors (Lipinski definition) is 3. The summed E-state index contributed by atoms with van der Waals surface area (Å²) in [5, 5.41) is 17.7. The van der Waals surface area contributed by atoms with Crippen LogP contribution in [0.5, 0.6) is 11.5 Å². The van der Waals surface area contributed by atoms with E-state index in [4.69, 9.17) is 61.0 Å². The molecule has 0 unspecified atom stereocenters. The second kappa shape index (κ2) is 25.5. The maximum Gasteiger partial charge on any atom is 1.00 e. The van der Waals surface area contributed by atoms with E-state index in [1.165, 1.54) is 7.11 Å². The molecule has 2 atom stereocenters. The van der Waals surface area contributed by atoms with Crippen molar-refractivity contribution in [1.29, 1.82) is 0 Å². The minimum atomic E-state index is -1.86. The molecular weight excluding hydrogens is 805 g/mol. The smallest absolute Gasteiger partial charge is 0.859 e. The van der Waals surface area contributed by atoms with Crippen LogP contribution in [0.1, 0.15) is 48.2 Å². The predicted molar refractivity (Wildman–Crippen MR) is 210 cm³/mol. The Balaban J connectivity index is 0.000000463. The van der Waals surface area contributed by atoms with Crippen LogP contribution in [0.25, 0.3) is 0 Å². The summed E-state index contributed by atoms with van der Waals surface area (Å²) >= 11 is 24.1. The van der Waals surface area contributed by atoms with E-state index < -0.39 is 26.9 Å². The third-order valence-corrected chi connectivity index (χ3v) is 7.93. The van der Waals surface area contributed by atoms with Gasteiger partial charge in [-0.1, -0.05) is 111 Å². The topological polar surface area (TPSA) is 129 Å². The Morgan fingerprint density at radius 3 is 1.47 bits per heavy atom. The van der Waals surface area contributed by atoms with Crippen molar-refractivity contribution >= 4 is 66.7 Å². The fraction of sp³-hybridized carbons (Fsp3) is 0.316. The zero-order valence-electron chi connectivity index (χ0n) is 31.0. The number of benzene rings is 4. The van der Waals surface area contributed by atoms with Crippen LogP contribution in [-0.4, -0.2) is 45.7 Å². The van der Waals surface area contributed by atoms with Gasteiger partial charge in [0, 0.05) is 35.2 Å². The minimum absolute atomic E-state index is 0. The summed E-state index contributed by atoms with van der Waals surface area (Å²) in [6, 6.07) is 26.4. The Morgan fingerprint density at radius 1 is 0.717 bits per heavy atom. The number of methoxy groups -OCH3 is 1. The summed E-state index contributed by atoms with van der Waals surface area (Å²) in [5.74, 6) is -0.677. The number of nitrogens with one attached hydrogen (secondary N) is 2. The van der Waals surface area contributed by atoms with E-state index >= 15 is 0 Å². The molecule has 0 saturated heterocycles. The maximum absolute atomic E-state index is 11.2. The Labute approximate surface area is 376 Å². The first-order chi connectivity index (χ1) is 24.4. The number of aliphatic carboxylic acids is 1. The van der Waals surface area contributed by atoms with Crippen LogP contribution in [-0.2, 0) is 27.4 Å². The number of halogens is 4. The summed E-state index contributed by atoms with van der Waals surface area (Å²) in [7, 11) is -0.551. The molecular formula is C38H45Cl4KN2O7Si. The SMILES string of the molecule is COC(=O)COc1cc(CN[C@H](C)c2cccc(Cl)c2)ccc1Cl.C[C@@H](NCc1ccc(Cl)c(OCC(=O)O)c1)c1cccc(Cl)c1.C[Si](C)(C)[O-].[K+]. The minimum Gasteiger partial charge on any atom is -0.859 e. The maximum atomic E-state index is 11.2. The summed E-state index contributed by atoms with van der Waals surface area (Å²) in [4.78, 5) is 32.0. The number of hydrogen-bond acceptors (Lipinski definition) is 8. The van der Waals surface area contributed by atoms with E-state index in [1.807, 2.05) is 73.7 Å². The predicted octanol–water partition coefficient (Wildman–Crippen LogP) is 5.89. The van der Waals surface area contributed by atoms with Crippen molar-refractivity contribution in [2.75, 3.05) is 20.3 Å². The van der Waals surface area contributed by atoms with Crippen molar-refractivity contribution in [1.82, 2.24) is 10.6 Å². The molecule has 0 amide bonds. The van der Waals surface area contributed by atoms with E-state index in [9.17, 15) is 14.4 Å². The van der Waals surface area contributed by atoms with Gasteiger partial charge in [0.2, 0.25) is 0 Å². The van der Waals surface area contributed by atoms with Crippen LogP contribution in [0.3, 0.4) is 0 Å². The molecule has 15 heteroatoms. The summed E-state index contributed by atoms with van der Waals surface area (Å²) < 4.78 is 15.1. The number of carbonyl (C=O) groups excluding carboxylic acids is 1. The van der Waals surface area contributed by atoms with Gasteiger partial charge in [0.25, 0.3) is 0 Å². The Morgan fingerprint density at radius 2 is 1.11 bits per heavy atom. The molecule has 0 aromatic heterocycles. The van der Waals surface area contributed by atoms with Crippen LogP contribution in [0.2, 0.25) is 39.7 Å². The molecule has 0 fully saturated rings. The molecule has 0 heterocycles. The van der Waals surface area contributed by atoms with Crippen LogP contribution in [0.15, 0.2) is 84.9 Å². The molecule has 282 valence electrons. The van der Waals surface area contributed by atoms with E-state index in [0.29, 0.717) is 44.7 Å². The van der Waals surface area contributed by atoms with Crippen molar-refractivity contribution in [2.24, 2.45) is 0 Å². The fourth-order valence-electron chi connectivity index (χ4n) is 4.20. The third kappa shape index (κ3) is 21.3. The molecule has 0 aliphatic rings. The second-order valence-corrected chi connectivity index (χ2v) is 18.4. The van der Waals surface area contributed by atoms with Gasteiger partial charge < -0.3 is 34.7 Å². The van der Waals surface area contributed by atoms with Crippen LogP contribution >= 0.6 is 46.4 Å². The molecule has 4 aromatic carbocycles. The van der Waals surface area contributed by atoms with Gasteiger partial charge in [-0.3, -0.25) is 0 Å². The number of carbonyl (C=O) groups is 2. The Kier molecular flexibility index (Phi) is 23.7. The van der Waals surface area contributed by atoms with Gasteiger partial charge in [0.1, 0.15) is 11.5 Å². The fourth-order valence-corrected chi connectivity index (χ4v) is 4.94. The van der Waals surface area contributed by atoms with E-state index in [0.717, 1.165) is 22.3 Å². The number of carboxylic acids is 1. The van der Waals surface area contributed by atoms with E-state index in [-0.39, 0.29) is 70.1 Å². The molecule has 4 aromatic rings. The van der Waals surface area contributed by atoms with Gasteiger partial charge in [0.05, 0.1) is 17.2 Å². The van der Waals surface area contributed by atoms with Crippen molar-refractivity contribution < 1.29 is 85.1 Å². The first-order valence-corrected chi connectivity index (χ1v) is 21.2. The third-order valence-electron chi connectivity index (χ3n) is 6.84. The number of ether oxygens (including phenoxy) is 3. The van der Waals surface area contributed by atoms with Gasteiger partial charge >= 0.3 is 63.3 Å². The van der Waals surface area contributed by atoms with Crippen molar-refractivity contribution in [3.05, 3.63) is 127 Å².